The van der Waals surface area contributed by atoms with Crippen LogP contribution in [-0.2, 0) is 28.8 Å². The van der Waals surface area contributed by atoms with Gasteiger partial charge in [-0.3, -0.25) is 19.8 Å². The number of aldehydes is 1. The standard InChI is InChI=1S/C18H13N5O.C15H16N4OS.C15H14N2O3S.C15H16N2O2S.C13H10N4O3S.C9H11ClN2O2S.6C2H6/c24-18-15-14(11-19-23-18)21-16(12-7-3-1-4-8-12)22-17(15)20-13-9-5-2-6-10-13;1-3-20-14-12-11(9-16-19-14)17-13(18-15(12)21-2)10-7-5-4-6-8-10;1-3-20-15(19)12-11(9-18)16-13(17-14(12)21-2)10-7-5-4-6-8-10;1-4-19-15(18)12-10(2)16-13(17-14(12)20-3)11-8-6-5-7-9-11;1-21(19,20)13-10-9(7-14-17-12(10)18)15-11(16-13)8-5-3-2-4-6-8;1-4-14-8(13)6-5(2)11-9(10)12-7(6)15-3;6*1-2/h1-11H,(H,23,24)(H,20,21,22);4-9,14,19H,3H2,1-2H3;4-9H,3H2,1-2H3;5-9H,4H2,1-3H3;2-7H,1H3,(H,17,18);4H2,1-3H3;6*1-2H3. The predicted octanol–water partition coefficient (Wildman–Crippen LogP) is 21.4. The first-order chi connectivity index (χ1) is 65.1. The van der Waals surface area contributed by atoms with Crippen LogP contribution in [0.15, 0.2) is 234 Å². The van der Waals surface area contributed by atoms with Crippen molar-refractivity contribution in [3.63, 3.8) is 0 Å². The molecule has 0 bridgehead atoms. The number of fused-ring (bicyclic) bond motifs is 3. The Morgan fingerprint density at radius 1 is 0.433 bits per heavy atom. The van der Waals surface area contributed by atoms with Crippen LogP contribution in [0.4, 0.5) is 11.5 Å². The lowest BCUT2D eigenvalue weighted by Crippen LogP contribution is -2.26. The molecular weight excluding hydrogens is 1820 g/mol. The van der Waals surface area contributed by atoms with Gasteiger partial charge in [-0.15, -0.1) is 47.0 Å². The highest BCUT2D eigenvalue weighted by molar-refractivity contribution is 7.99. The van der Waals surface area contributed by atoms with Gasteiger partial charge in [0.2, 0.25) is 5.28 Å². The second kappa shape index (κ2) is 61.7. The number of sulfone groups is 1. The first-order valence-electron chi connectivity index (χ1n) is 43.2. The first-order valence-corrected chi connectivity index (χ1v) is 50.3. The van der Waals surface area contributed by atoms with Crippen LogP contribution < -0.4 is 21.9 Å². The highest BCUT2D eigenvalue weighted by atomic mass is 35.5. The summed E-state index contributed by atoms with van der Waals surface area (Å²) in [5.41, 5.74) is 11.7. The van der Waals surface area contributed by atoms with E-state index in [1.165, 1.54) is 47.7 Å². The average Bonchev–Trinajstić information content (AvgIpc) is 0.778. The first kappa shape index (κ1) is 113. The maximum Gasteiger partial charge on any atom is 0.343 e. The number of H-pyrrole nitrogens is 2. The van der Waals surface area contributed by atoms with Crippen molar-refractivity contribution in [3.05, 3.63) is 265 Å². The van der Waals surface area contributed by atoms with Gasteiger partial charge in [0.15, 0.2) is 56.5 Å². The van der Waals surface area contributed by atoms with Crippen molar-refractivity contribution in [1.29, 1.82) is 0 Å². The number of carbonyl (C=O) groups is 4. The van der Waals surface area contributed by atoms with Gasteiger partial charge < -0.3 is 24.3 Å². The van der Waals surface area contributed by atoms with Crippen LogP contribution in [0.5, 0.6) is 0 Å². The van der Waals surface area contributed by atoms with Gasteiger partial charge in [0, 0.05) is 46.4 Å². The molecular formula is C97H116ClN19O12S5. The monoisotopic (exact) mass is 1930 g/mol. The third-order valence-corrected chi connectivity index (χ3v) is 20.7. The van der Waals surface area contributed by atoms with E-state index in [-0.39, 0.29) is 62.7 Å². The molecule has 134 heavy (non-hydrogen) atoms. The van der Waals surface area contributed by atoms with Crippen LogP contribution in [0.1, 0.15) is 181 Å². The number of hydrogen-bond acceptors (Lipinski definition) is 33. The predicted molar refractivity (Wildman–Crippen MR) is 542 cm³/mol. The van der Waals surface area contributed by atoms with Gasteiger partial charge in [-0.05, 0) is 90.3 Å². The number of ether oxygens (including phenoxy) is 4. The maximum absolute atomic E-state index is 12.2. The molecule has 31 nitrogen and oxygen atoms in total. The van der Waals surface area contributed by atoms with Crippen molar-refractivity contribution in [2.45, 2.75) is 156 Å². The second-order valence-electron chi connectivity index (χ2n) is 24.9. The fourth-order valence-corrected chi connectivity index (χ4v) is 14.9. The van der Waals surface area contributed by atoms with Crippen LogP contribution in [0.25, 0.3) is 78.7 Å². The topological polar surface area (TPSA) is 422 Å². The van der Waals surface area contributed by atoms with Gasteiger partial charge >= 0.3 is 17.9 Å². The molecule has 4 N–H and O–H groups in total. The quantitative estimate of drug-likeness (QED) is 0.0130. The lowest BCUT2D eigenvalue weighted by Gasteiger charge is -2.23. The normalized spacial score (nSPS) is 10.9. The number of aryl methyl sites for hydroxylation is 2. The van der Waals surface area contributed by atoms with Crippen LogP contribution in [0.2, 0.25) is 5.28 Å². The summed E-state index contributed by atoms with van der Waals surface area (Å²) in [5, 5.41) is 22.1. The van der Waals surface area contributed by atoms with Crippen molar-refractivity contribution >= 4 is 132 Å². The number of aromatic amines is 2. The van der Waals surface area contributed by atoms with Gasteiger partial charge in [-0.1, -0.05) is 253 Å². The number of anilines is 2. The lowest BCUT2D eigenvalue weighted by molar-refractivity contribution is 0.0341. The third kappa shape index (κ3) is 32.7. The fraction of sp³-hybridized carbons (Fsp3) is 0.289. The molecule has 8 aromatic heterocycles. The SMILES string of the molecule is CC.CC.CC.CC.CC.CC.CCOC(=O)c1c(C)nc(-c2ccccc2)nc1SC.CCOC(=O)c1c(C)nc(Cl)nc1SC.CCOC(=O)c1c(C=O)nc(-c2ccccc2)nc1SC.CCOC1NN=Cc2nc(-c3ccccc3)nc(SC)c21.CS(=O)(=O)c1nc(-c2ccccc2)nc2cn[nH]c(=O)c12.O=c1[nH]ncc2nc(-c3ccccc3)nc(Nc3ccccc3)c12. The number of hydrogen-bond donors (Lipinski definition) is 4. The molecule has 15 rings (SSSR count). The van der Waals surface area contributed by atoms with Crippen LogP contribution >= 0.6 is 58.6 Å². The Hall–Kier alpha value is -13.0. The molecule has 0 radical (unpaired) electrons. The van der Waals surface area contributed by atoms with E-state index >= 15 is 0 Å². The van der Waals surface area contributed by atoms with E-state index in [4.69, 9.17) is 30.5 Å². The number of benzene rings is 6. The summed E-state index contributed by atoms with van der Waals surface area (Å²) in [6.07, 6.45) is 13.3. The Morgan fingerprint density at radius 3 is 1.19 bits per heavy atom. The molecule has 708 valence electrons. The highest BCUT2D eigenvalue weighted by Crippen LogP contribution is 2.34. The van der Waals surface area contributed by atoms with Crippen LogP contribution in [-0.4, -0.2) is 177 Å². The maximum atomic E-state index is 12.2. The smallest absolute Gasteiger partial charge is 0.343 e. The van der Waals surface area contributed by atoms with Crippen molar-refractivity contribution in [3.8, 4) is 56.9 Å². The zero-order valence-electron chi connectivity index (χ0n) is 79.6. The van der Waals surface area contributed by atoms with E-state index in [1.54, 1.807) is 83.1 Å². The summed E-state index contributed by atoms with van der Waals surface area (Å²) in [7, 11) is -3.68. The molecule has 0 aliphatic carbocycles. The second-order valence-corrected chi connectivity index (χ2v) is 30.4. The molecule has 1 aliphatic rings. The van der Waals surface area contributed by atoms with E-state index in [0.717, 1.165) is 50.5 Å². The minimum absolute atomic E-state index is 0.0478. The summed E-state index contributed by atoms with van der Waals surface area (Å²) in [6.45, 7) is 36.2. The summed E-state index contributed by atoms with van der Waals surface area (Å²) >= 11 is 11.3. The molecule has 14 aromatic rings. The molecule has 0 saturated heterocycles. The van der Waals surface area contributed by atoms with Crippen LogP contribution in [0, 0.1) is 13.8 Å². The van der Waals surface area contributed by atoms with Gasteiger partial charge in [0.1, 0.15) is 70.1 Å². The summed E-state index contributed by atoms with van der Waals surface area (Å²) in [6, 6.07) is 57.1. The van der Waals surface area contributed by atoms with Crippen LogP contribution in [0.3, 0.4) is 0 Å². The van der Waals surface area contributed by atoms with Crippen molar-refractivity contribution in [1.82, 2.24) is 85.6 Å². The molecule has 0 saturated carbocycles. The van der Waals surface area contributed by atoms with Gasteiger partial charge in [-0.25, -0.2) is 92.8 Å². The molecule has 37 heteroatoms. The minimum atomic E-state index is -3.68. The third-order valence-electron chi connectivity index (χ3n) is 16.8. The molecule has 9 heterocycles. The van der Waals surface area contributed by atoms with E-state index in [2.05, 4.69) is 96.0 Å². The van der Waals surface area contributed by atoms with E-state index in [0.29, 0.717) is 109 Å². The van der Waals surface area contributed by atoms with E-state index < -0.39 is 27.3 Å². The average molecular weight is 1940 g/mol. The van der Waals surface area contributed by atoms with Crippen molar-refractivity contribution in [2.75, 3.05) is 63.0 Å². The number of nitrogens with one attached hydrogen (secondary N) is 4. The Morgan fingerprint density at radius 2 is 0.784 bits per heavy atom. The summed E-state index contributed by atoms with van der Waals surface area (Å²) in [5.74, 6) is 1.62. The number of para-hydroxylation sites is 1. The number of carbonyl (C=O) groups excluding carboxylic acids is 4. The Labute approximate surface area is 805 Å². The Balaban J connectivity index is 0.000000330. The zero-order chi connectivity index (χ0) is 99.2. The molecule has 1 aliphatic heterocycles. The van der Waals surface area contributed by atoms with E-state index in [1.807, 2.05) is 267 Å². The molecule has 1 atom stereocenters. The number of esters is 3. The van der Waals surface area contributed by atoms with Gasteiger partial charge in [0.05, 0.1) is 61.1 Å². The van der Waals surface area contributed by atoms with E-state index in [9.17, 15) is 37.2 Å². The highest BCUT2D eigenvalue weighted by Gasteiger charge is 2.28. The van der Waals surface area contributed by atoms with Gasteiger partial charge in [0.25, 0.3) is 11.1 Å². The molecule has 0 amide bonds. The number of thioether (sulfide) groups is 4. The largest absolute Gasteiger partial charge is 0.462 e. The van der Waals surface area contributed by atoms with Crippen molar-refractivity contribution < 1.29 is 46.5 Å². The Kier molecular flexibility index (Phi) is 52.2. The number of aromatic nitrogens is 16. The number of nitrogens with zero attached hydrogens (tertiary/aromatic N) is 15. The number of halogens is 1. The Bertz CT molecular complexity index is 6280. The fourth-order valence-electron chi connectivity index (χ4n) is 11.4. The molecule has 6 aromatic carbocycles. The zero-order valence-corrected chi connectivity index (χ0v) is 84.4. The molecule has 1 unspecified atom stereocenters. The summed E-state index contributed by atoms with van der Waals surface area (Å²) in [4.78, 5) is 123. The molecule has 0 spiro atoms. The number of rotatable bonds is 21. The molecule has 0 fully saturated rings. The minimum Gasteiger partial charge on any atom is -0.462 e. The lowest BCUT2D eigenvalue weighted by atomic mass is 10.1. The van der Waals surface area contributed by atoms with Crippen molar-refractivity contribution in [2.24, 2.45) is 5.10 Å². The van der Waals surface area contributed by atoms with Gasteiger partial charge in [-0.2, -0.15) is 15.3 Å². The number of hydrazone groups is 1. The summed E-state index contributed by atoms with van der Waals surface area (Å²) < 4.78 is 44.5.